The summed E-state index contributed by atoms with van der Waals surface area (Å²) in [6.45, 7) is 3.95. The Bertz CT molecular complexity index is 422. The van der Waals surface area contributed by atoms with Crippen LogP contribution in [-0.4, -0.2) is 29.0 Å². The first-order chi connectivity index (χ1) is 9.79. The Morgan fingerprint density at radius 3 is 2.70 bits per heavy atom. The molecule has 1 aliphatic heterocycles. The highest BCUT2D eigenvalue weighted by molar-refractivity contribution is 5.18. The van der Waals surface area contributed by atoms with Gasteiger partial charge >= 0.3 is 0 Å². The van der Waals surface area contributed by atoms with Gasteiger partial charge in [-0.1, -0.05) is 18.9 Å². The van der Waals surface area contributed by atoms with E-state index in [0.717, 1.165) is 17.7 Å². The van der Waals surface area contributed by atoms with Crippen molar-refractivity contribution in [1.82, 2.24) is 9.88 Å². The average Bonchev–Trinajstić information content (AvgIpc) is 3.12. The number of aryl methyl sites for hydroxylation is 1. The van der Waals surface area contributed by atoms with Crippen LogP contribution >= 0.6 is 0 Å². The standard InChI is InChI=1S/C17H27N3/c1-13-8-9-15(12-19-13)17(11-18)20-10-4-7-16(20)14-5-2-3-6-14/h8-9,12,14,16-17H,2-7,10-11,18H2,1H3. The van der Waals surface area contributed by atoms with Crippen LogP contribution in [0.4, 0.5) is 0 Å². The fraction of sp³-hybridized carbons (Fsp3) is 0.706. The summed E-state index contributed by atoms with van der Waals surface area (Å²) in [5.74, 6) is 0.907. The Hall–Kier alpha value is -0.930. The fourth-order valence-corrected chi connectivity index (χ4v) is 4.19. The first kappa shape index (κ1) is 14.0. The van der Waals surface area contributed by atoms with Gasteiger partial charge in [-0.25, -0.2) is 0 Å². The van der Waals surface area contributed by atoms with Gasteiger partial charge in [0, 0.05) is 30.5 Å². The van der Waals surface area contributed by atoms with Gasteiger partial charge in [0.15, 0.2) is 0 Å². The number of aromatic nitrogens is 1. The summed E-state index contributed by atoms with van der Waals surface area (Å²) in [5, 5.41) is 0. The highest BCUT2D eigenvalue weighted by Gasteiger charge is 2.36. The number of pyridine rings is 1. The largest absolute Gasteiger partial charge is 0.329 e. The summed E-state index contributed by atoms with van der Waals surface area (Å²) in [6, 6.07) is 5.44. The predicted molar refractivity (Wildman–Crippen MR) is 82.5 cm³/mol. The molecule has 0 amide bonds. The van der Waals surface area contributed by atoms with E-state index in [1.165, 1.54) is 50.6 Å². The van der Waals surface area contributed by atoms with Crippen LogP contribution in [0.2, 0.25) is 0 Å². The van der Waals surface area contributed by atoms with Gasteiger partial charge in [0.1, 0.15) is 0 Å². The molecule has 2 unspecified atom stereocenters. The Kier molecular flexibility index (Phi) is 4.37. The van der Waals surface area contributed by atoms with Crippen molar-refractivity contribution >= 4 is 0 Å². The van der Waals surface area contributed by atoms with E-state index in [1.54, 1.807) is 0 Å². The molecular formula is C17H27N3. The predicted octanol–water partition coefficient (Wildman–Crippen LogP) is 3.04. The van der Waals surface area contributed by atoms with Crippen LogP contribution in [0.25, 0.3) is 0 Å². The molecule has 3 heteroatoms. The molecule has 2 fully saturated rings. The molecule has 0 spiro atoms. The third-order valence-electron chi connectivity index (χ3n) is 5.23. The van der Waals surface area contributed by atoms with Crippen LogP contribution < -0.4 is 5.73 Å². The van der Waals surface area contributed by atoms with E-state index in [9.17, 15) is 0 Å². The minimum absolute atomic E-state index is 0.358. The maximum atomic E-state index is 6.11. The quantitative estimate of drug-likeness (QED) is 0.917. The number of likely N-dealkylation sites (tertiary alicyclic amines) is 1. The molecule has 1 aromatic heterocycles. The second-order valence-electron chi connectivity index (χ2n) is 6.48. The Balaban J connectivity index is 1.78. The summed E-state index contributed by atoms with van der Waals surface area (Å²) < 4.78 is 0. The molecule has 20 heavy (non-hydrogen) atoms. The van der Waals surface area contributed by atoms with E-state index in [1.807, 2.05) is 13.1 Å². The normalized spacial score (nSPS) is 26.2. The van der Waals surface area contributed by atoms with E-state index in [4.69, 9.17) is 5.73 Å². The van der Waals surface area contributed by atoms with Crippen molar-refractivity contribution in [1.29, 1.82) is 0 Å². The second kappa shape index (κ2) is 6.23. The summed E-state index contributed by atoms with van der Waals surface area (Å²) in [6.07, 6.45) is 10.4. The number of rotatable bonds is 4. The topological polar surface area (TPSA) is 42.1 Å². The summed E-state index contributed by atoms with van der Waals surface area (Å²) in [4.78, 5) is 7.14. The van der Waals surface area contributed by atoms with E-state index in [0.29, 0.717) is 12.6 Å². The molecule has 1 saturated carbocycles. The molecule has 0 radical (unpaired) electrons. The van der Waals surface area contributed by atoms with Crippen LogP contribution in [0.15, 0.2) is 18.3 Å². The van der Waals surface area contributed by atoms with Gasteiger partial charge in [-0.2, -0.15) is 0 Å². The third kappa shape index (κ3) is 2.75. The number of nitrogens with two attached hydrogens (primary N) is 1. The van der Waals surface area contributed by atoms with Gasteiger partial charge < -0.3 is 5.73 Å². The first-order valence-electron chi connectivity index (χ1n) is 8.18. The van der Waals surface area contributed by atoms with Crippen LogP contribution in [0.3, 0.4) is 0 Å². The number of hydrogen-bond acceptors (Lipinski definition) is 3. The Morgan fingerprint density at radius 1 is 1.25 bits per heavy atom. The van der Waals surface area contributed by atoms with Gasteiger partial charge in [0.25, 0.3) is 0 Å². The molecule has 3 rings (SSSR count). The van der Waals surface area contributed by atoms with Crippen molar-refractivity contribution in [3.05, 3.63) is 29.6 Å². The molecule has 1 aliphatic carbocycles. The molecular weight excluding hydrogens is 246 g/mol. The molecule has 2 aliphatic rings. The summed E-state index contributed by atoms with van der Waals surface area (Å²) in [7, 11) is 0. The van der Waals surface area contributed by atoms with Crippen molar-refractivity contribution in [3.63, 3.8) is 0 Å². The summed E-state index contributed by atoms with van der Waals surface area (Å²) >= 11 is 0. The maximum absolute atomic E-state index is 6.11. The van der Waals surface area contributed by atoms with Gasteiger partial charge in [-0.15, -0.1) is 0 Å². The van der Waals surface area contributed by atoms with E-state index in [-0.39, 0.29) is 0 Å². The highest BCUT2D eigenvalue weighted by atomic mass is 15.2. The van der Waals surface area contributed by atoms with Gasteiger partial charge in [-0.05, 0) is 56.7 Å². The van der Waals surface area contributed by atoms with Crippen LogP contribution in [0.5, 0.6) is 0 Å². The van der Waals surface area contributed by atoms with Gasteiger partial charge in [0.05, 0.1) is 0 Å². The van der Waals surface area contributed by atoms with Gasteiger partial charge in [-0.3, -0.25) is 9.88 Å². The molecule has 0 aromatic carbocycles. The lowest BCUT2D eigenvalue weighted by atomic mass is 9.94. The average molecular weight is 273 g/mol. The summed E-state index contributed by atoms with van der Waals surface area (Å²) in [5.41, 5.74) is 8.49. The number of hydrogen-bond donors (Lipinski definition) is 1. The van der Waals surface area contributed by atoms with Crippen molar-refractivity contribution in [2.24, 2.45) is 11.7 Å². The van der Waals surface area contributed by atoms with Crippen LogP contribution in [0.1, 0.15) is 55.8 Å². The highest BCUT2D eigenvalue weighted by Crippen LogP contribution is 2.39. The van der Waals surface area contributed by atoms with Crippen molar-refractivity contribution in [3.8, 4) is 0 Å². The SMILES string of the molecule is Cc1ccc(C(CN)N2CCCC2C2CCCC2)cn1. The monoisotopic (exact) mass is 273 g/mol. The second-order valence-corrected chi connectivity index (χ2v) is 6.48. The van der Waals surface area contributed by atoms with Crippen LogP contribution in [-0.2, 0) is 0 Å². The zero-order valence-electron chi connectivity index (χ0n) is 12.6. The van der Waals surface area contributed by atoms with Crippen molar-refractivity contribution in [2.75, 3.05) is 13.1 Å². The fourth-order valence-electron chi connectivity index (χ4n) is 4.19. The van der Waals surface area contributed by atoms with E-state index < -0.39 is 0 Å². The molecule has 2 N–H and O–H groups in total. The minimum atomic E-state index is 0.358. The Morgan fingerprint density at radius 2 is 2.05 bits per heavy atom. The van der Waals surface area contributed by atoms with E-state index in [2.05, 4.69) is 22.0 Å². The molecule has 1 aromatic rings. The number of nitrogens with zero attached hydrogens (tertiary/aromatic N) is 2. The zero-order chi connectivity index (χ0) is 13.9. The lowest BCUT2D eigenvalue weighted by Gasteiger charge is -2.35. The zero-order valence-corrected chi connectivity index (χ0v) is 12.6. The van der Waals surface area contributed by atoms with Crippen molar-refractivity contribution < 1.29 is 0 Å². The lowest BCUT2D eigenvalue weighted by Crippen LogP contribution is -2.40. The first-order valence-corrected chi connectivity index (χ1v) is 8.18. The van der Waals surface area contributed by atoms with E-state index >= 15 is 0 Å². The smallest absolute Gasteiger partial charge is 0.0488 e. The van der Waals surface area contributed by atoms with Crippen LogP contribution in [0, 0.1) is 12.8 Å². The van der Waals surface area contributed by atoms with Crippen molar-refractivity contribution in [2.45, 2.75) is 57.5 Å². The molecule has 1 saturated heterocycles. The molecule has 0 bridgehead atoms. The minimum Gasteiger partial charge on any atom is -0.329 e. The Labute approximate surface area is 122 Å². The molecule has 3 nitrogen and oxygen atoms in total. The molecule has 2 atom stereocenters. The molecule has 2 heterocycles. The van der Waals surface area contributed by atoms with Gasteiger partial charge in [0.2, 0.25) is 0 Å². The molecule has 110 valence electrons. The third-order valence-corrected chi connectivity index (χ3v) is 5.23. The lowest BCUT2D eigenvalue weighted by molar-refractivity contribution is 0.138. The maximum Gasteiger partial charge on any atom is 0.0488 e.